The molecule has 1 aliphatic heterocycles. The molecule has 1 heterocycles. The van der Waals surface area contributed by atoms with Crippen LogP contribution in [-0.4, -0.2) is 30.8 Å². The lowest BCUT2D eigenvalue weighted by molar-refractivity contribution is -0.122. The summed E-state index contributed by atoms with van der Waals surface area (Å²) in [5.41, 5.74) is 2.77. The number of benzene rings is 3. The van der Waals surface area contributed by atoms with Gasteiger partial charge in [0.05, 0.1) is 17.2 Å². The number of carbonyl (C=O) groups is 3. The highest BCUT2D eigenvalue weighted by Gasteiger charge is 2.35. The van der Waals surface area contributed by atoms with Crippen molar-refractivity contribution < 1.29 is 14.4 Å². The van der Waals surface area contributed by atoms with Crippen LogP contribution in [0, 0.1) is 5.92 Å². The summed E-state index contributed by atoms with van der Waals surface area (Å²) in [7, 11) is 0. The van der Waals surface area contributed by atoms with E-state index < -0.39 is 5.92 Å². The van der Waals surface area contributed by atoms with Crippen LogP contribution in [0.3, 0.4) is 0 Å². The zero-order valence-corrected chi connectivity index (χ0v) is 17.7. The summed E-state index contributed by atoms with van der Waals surface area (Å²) >= 11 is 0. The number of carbonyl (C=O) groups excluding carboxylic acids is 3. The molecule has 162 valence electrons. The first-order valence-electron chi connectivity index (χ1n) is 10.7. The fourth-order valence-corrected chi connectivity index (χ4v) is 3.83. The van der Waals surface area contributed by atoms with Crippen LogP contribution in [0.5, 0.6) is 0 Å². The Morgan fingerprint density at radius 3 is 2.28 bits per heavy atom. The molecular weight excluding hydrogens is 402 g/mol. The van der Waals surface area contributed by atoms with Crippen LogP contribution in [0.1, 0.15) is 22.3 Å². The van der Waals surface area contributed by atoms with Gasteiger partial charge in [-0.25, -0.2) is 0 Å². The minimum atomic E-state index is -0.475. The average Bonchev–Trinajstić information content (AvgIpc) is 3.22. The van der Waals surface area contributed by atoms with Crippen molar-refractivity contribution in [3.8, 4) is 0 Å². The highest BCUT2D eigenvalue weighted by molar-refractivity contribution is 6.07. The number of amides is 3. The third-order valence-corrected chi connectivity index (χ3v) is 5.54. The molecule has 0 aromatic heterocycles. The van der Waals surface area contributed by atoms with E-state index in [1.807, 2.05) is 60.7 Å². The zero-order chi connectivity index (χ0) is 22.3. The third kappa shape index (κ3) is 5.03. The van der Waals surface area contributed by atoms with Crippen LogP contribution >= 0.6 is 0 Å². The monoisotopic (exact) mass is 427 g/mol. The summed E-state index contributed by atoms with van der Waals surface area (Å²) in [5, 5.41) is 5.77. The average molecular weight is 428 g/mol. The van der Waals surface area contributed by atoms with Crippen LogP contribution in [0.15, 0.2) is 84.9 Å². The summed E-state index contributed by atoms with van der Waals surface area (Å²) in [4.78, 5) is 39.7. The minimum absolute atomic E-state index is 0.0803. The molecule has 2 N–H and O–H groups in total. The van der Waals surface area contributed by atoms with E-state index in [-0.39, 0.29) is 24.1 Å². The molecular formula is C26H25N3O3. The van der Waals surface area contributed by atoms with Gasteiger partial charge < -0.3 is 15.5 Å². The molecule has 32 heavy (non-hydrogen) atoms. The van der Waals surface area contributed by atoms with E-state index in [0.29, 0.717) is 24.3 Å². The molecule has 0 bridgehead atoms. The number of hydrogen-bond acceptors (Lipinski definition) is 3. The molecule has 0 radical (unpaired) electrons. The van der Waals surface area contributed by atoms with Gasteiger partial charge in [0.1, 0.15) is 0 Å². The summed E-state index contributed by atoms with van der Waals surface area (Å²) in [6.45, 7) is 0.814. The second-order valence-electron chi connectivity index (χ2n) is 7.77. The van der Waals surface area contributed by atoms with Gasteiger partial charge in [-0.3, -0.25) is 14.4 Å². The molecule has 3 amide bonds. The van der Waals surface area contributed by atoms with E-state index in [2.05, 4.69) is 10.6 Å². The fraction of sp³-hybridized carbons (Fsp3) is 0.192. The van der Waals surface area contributed by atoms with Crippen molar-refractivity contribution in [3.63, 3.8) is 0 Å². The van der Waals surface area contributed by atoms with Crippen molar-refractivity contribution in [3.05, 3.63) is 96.1 Å². The molecule has 0 aliphatic carbocycles. The maximum absolute atomic E-state index is 12.9. The van der Waals surface area contributed by atoms with Crippen LogP contribution < -0.4 is 15.5 Å². The number of para-hydroxylation sites is 2. The Kier molecular flexibility index (Phi) is 6.60. The van der Waals surface area contributed by atoms with Crippen molar-refractivity contribution in [2.45, 2.75) is 12.8 Å². The van der Waals surface area contributed by atoms with Crippen molar-refractivity contribution in [2.75, 3.05) is 23.3 Å². The van der Waals surface area contributed by atoms with E-state index in [4.69, 9.17) is 0 Å². The maximum Gasteiger partial charge on any atom is 0.253 e. The van der Waals surface area contributed by atoms with Gasteiger partial charge >= 0.3 is 0 Å². The van der Waals surface area contributed by atoms with Gasteiger partial charge in [-0.1, -0.05) is 60.7 Å². The molecule has 3 aromatic rings. The first-order valence-corrected chi connectivity index (χ1v) is 10.7. The first-order chi connectivity index (χ1) is 15.6. The molecule has 1 atom stereocenters. The Labute approximate surface area is 187 Å². The van der Waals surface area contributed by atoms with Gasteiger partial charge in [-0.2, -0.15) is 0 Å². The SMILES string of the molecule is O=C(NCCc1ccccc1)c1ccccc1NC(=O)[C@@H]1CC(=O)N(c2ccccc2)C1. The Bertz CT molecular complexity index is 1100. The third-order valence-electron chi connectivity index (χ3n) is 5.54. The predicted octanol–water partition coefficient (Wildman–Crippen LogP) is 3.65. The van der Waals surface area contributed by atoms with Crippen molar-refractivity contribution in [1.29, 1.82) is 0 Å². The molecule has 6 nitrogen and oxygen atoms in total. The van der Waals surface area contributed by atoms with E-state index >= 15 is 0 Å². The molecule has 1 aliphatic rings. The second-order valence-corrected chi connectivity index (χ2v) is 7.77. The van der Waals surface area contributed by atoms with Crippen LogP contribution in [0.4, 0.5) is 11.4 Å². The number of hydrogen-bond donors (Lipinski definition) is 2. The van der Waals surface area contributed by atoms with Crippen molar-refractivity contribution in [2.24, 2.45) is 5.92 Å². The fourth-order valence-electron chi connectivity index (χ4n) is 3.83. The minimum Gasteiger partial charge on any atom is -0.352 e. The first kappa shape index (κ1) is 21.3. The summed E-state index contributed by atoms with van der Waals surface area (Å²) in [6.07, 6.45) is 0.868. The molecule has 4 rings (SSSR count). The van der Waals surface area contributed by atoms with Gasteiger partial charge in [0.25, 0.3) is 5.91 Å². The van der Waals surface area contributed by atoms with E-state index in [1.54, 1.807) is 29.2 Å². The Balaban J connectivity index is 1.38. The second kappa shape index (κ2) is 9.92. The topological polar surface area (TPSA) is 78.5 Å². The lowest BCUT2D eigenvalue weighted by Gasteiger charge is -2.17. The molecule has 1 saturated heterocycles. The van der Waals surface area contributed by atoms with Gasteiger partial charge in [-0.15, -0.1) is 0 Å². The summed E-state index contributed by atoms with van der Waals surface area (Å²) < 4.78 is 0. The van der Waals surface area contributed by atoms with Crippen LogP contribution in [0.2, 0.25) is 0 Å². The molecule has 1 fully saturated rings. The van der Waals surface area contributed by atoms with E-state index in [1.165, 1.54) is 0 Å². The zero-order valence-electron chi connectivity index (χ0n) is 17.7. The van der Waals surface area contributed by atoms with Gasteiger partial charge in [0, 0.05) is 25.2 Å². The Hall–Kier alpha value is -3.93. The van der Waals surface area contributed by atoms with Gasteiger partial charge in [-0.05, 0) is 36.2 Å². The molecule has 3 aromatic carbocycles. The van der Waals surface area contributed by atoms with Crippen molar-refractivity contribution in [1.82, 2.24) is 5.32 Å². The quantitative estimate of drug-likeness (QED) is 0.604. The number of nitrogens with one attached hydrogen (secondary N) is 2. The number of rotatable bonds is 7. The predicted molar refractivity (Wildman–Crippen MR) is 124 cm³/mol. The van der Waals surface area contributed by atoms with Crippen LogP contribution in [0.25, 0.3) is 0 Å². The Morgan fingerprint density at radius 1 is 0.875 bits per heavy atom. The smallest absolute Gasteiger partial charge is 0.253 e. The van der Waals surface area contributed by atoms with E-state index in [9.17, 15) is 14.4 Å². The Morgan fingerprint density at radius 2 is 1.53 bits per heavy atom. The highest BCUT2D eigenvalue weighted by Crippen LogP contribution is 2.26. The normalized spacial score (nSPS) is 15.4. The molecule has 0 spiro atoms. The lowest BCUT2D eigenvalue weighted by atomic mass is 10.1. The molecule has 0 saturated carbocycles. The van der Waals surface area contributed by atoms with Crippen molar-refractivity contribution >= 4 is 29.1 Å². The summed E-state index contributed by atoms with van der Waals surface area (Å²) in [5.74, 6) is -1.06. The maximum atomic E-state index is 12.9. The number of anilines is 2. The highest BCUT2D eigenvalue weighted by atomic mass is 16.2. The lowest BCUT2D eigenvalue weighted by Crippen LogP contribution is -2.30. The molecule has 6 heteroatoms. The molecule has 0 unspecified atom stereocenters. The summed E-state index contributed by atoms with van der Waals surface area (Å²) in [6, 6.07) is 26.2. The standard InChI is InChI=1S/C26H25N3O3/c30-24-17-20(18-29(24)21-11-5-2-6-12-21)25(31)28-23-14-8-7-13-22(23)26(32)27-16-15-19-9-3-1-4-10-19/h1-14,20H,15-18H2,(H,27,32)(H,28,31)/t20-/m1/s1. The van der Waals surface area contributed by atoms with Crippen LogP contribution in [-0.2, 0) is 16.0 Å². The van der Waals surface area contributed by atoms with Gasteiger partial charge in [0.2, 0.25) is 11.8 Å². The number of nitrogens with zero attached hydrogens (tertiary/aromatic N) is 1. The van der Waals surface area contributed by atoms with E-state index in [0.717, 1.165) is 17.7 Å². The largest absolute Gasteiger partial charge is 0.352 e. The van der Waals surface area contributed by atoms with Gasteiger partial charge in [0.15, 0.2) is 0 Å².